The van der Waals surface area contributed by atoms with Crippen LogP contribution in [0, 0.1) is 12.8 Å². The van der Waals surface area contributed by atoms with Gasteiger partial charge in [-0.3, -0.25) is 0 Å². The van der Waals surface area contributed by atoms with Gasteiger partial charge in [-0.25, -0.2) is 17.9 Å². The van der Waals surface area contributed by atoms with Gasteiger partial charge in [0.2, 0.25) is 10.0 Å². The van der Waals surface area contributed by atoms with E-state index in [2.05, 4.69) is 18.6 Å². The highest BCUT2D eigenvalue weighted by atomic mass is 32.2. The Labute approximate surface area is 124 Å². The lowest BCUT2D eigenvalue weighted by atomic mass is 10.1. The maximum Gasteiger partial charge on any atom is 0.346 e. The molecule has 20 heavy (non-hydrogen) atoms. The zero-order valence-electron chi connectivity index (χ0n) is 12.0. The topological polar surface area (TPSA) is 83.5 Å². The van der Waals surface area contributed by atoms with E-state index < -0.39 is 16.0 Å². The molecule has 0 spiro atoms. The van der Waals surface area contributed by atoms with Crippen LogP contribution in [-0.2, 0) is 10.0 Å². The smallest absolute Gasteiger partial charge is 0.346 e. The molecule has 0 bridgehead atoms. The summed E-state index contributed by atoms with van der Waals surface area (Å²) in [6, 6.07) is 1.41. The summed E-state index contributed by atoms with van der Waals surface area (Å²) in [6.07, 6.45) is 2.83. The molecule has 7 heteroatoms. The maximum atomic E-state index is 12.0. The largest absolute Gasteiger partial charge is 0.477 e. The van der Waals surface area contributed by atoms with Crippen LogP contribution in [0.25, 0.3) is 0 Å². The average molecular weight is 319 g/mol. The van der Waals surface area contributed by atoms with Crippen molar-refractivity contribution in [1.29, 1.82) is 0 Å². The van der Waals surface area contributed by atoms with Gasteiger partial charge >= 0.3 is 5.97 Å². The van der Waals surface area contributed by atoms with Gasteiger partial charge in [-0.1, -0.05) is 26.7 Å². The predicted octanol–water partition coefficient (Wildman–Crippen LogP) is 2.86. The molecule has 0 amide bonds. The first-order valence-corrected chi connectivity index (χ1v) is 8.87. The van der Waals surface area contributed by atoms with Gasteiger partial charge in [0.15, 0.2) is 0 Å². The van der Waals surface area contributed by atoms with Crippen molar-refractivity contribution in [2.45, 2.75) is 44.2 Å². The Morgan fingerprint density at radius 1 is 1.40 bits per heavy atom. The lowest BCUT2D eigenvalue weighted by molar-refractivity contribution is 0.0701. The fraction of sp³-hybridized carbons (Fsp3) is 0.615. The Morgan fingerprint density at radius 3 is 2.55 bits per heavy atom. The number of sulfonamides is 1. The number of unbranched alkanes of at least 4 members (excludes halogenated alkanes) is 1. The number of hydrogen-bond acceptors (Lipinski definition) is 4. The Morgan fingerprint density at radius 2 is 2.05 bits per heavy atom. The van der Waals surface area contributed by atoms with Crippen molar-refractivity contribution in [2.75, 3.05) is 6.54 Å². The summed E-state index contributed by atoms with van der Waals surface area (Å²) in [7, 11) is -3.59. The first-order valence-electron chi connectivity index (χ1n) is 6.57. The molecule has 0 aliphatic heterocycles. The third kappa shape index (κ3) is 4.88. The highest BCUT2D eigenvalue weighted by Gasteiger charge is 2.21. The van der Waals surface area contributed by atoms with Gasteiger partial charge in [0, 0.05) is 6.54 Å². The molecule has 1 aromatic heterocycles. The third-order valence-corrected chi connectivity index (χ3v) is 6.01. The van der Waals surface area contributed by atoms with Gasteiger partial charge in [-0.2, -0.15) is 0 Å². The Balaban J connectivity index is 2.61. The number of aryl methyl sites for hydroxylation is 1. The first-order chi connectivity index (χ1) is 9.24. The number of carboxylic acid groups (broad SMARTS) is 1. The monoisotopic (exact) mass is 319 g/mol. The van der Waals surface area contributed by atoms with Crippen LogP contribution < -0.4 is 4.72 Å². The van der Waals surface area contributed by atoms with Crippen LogP contribution in [-0.4, -0.2) is 26.0 Å². The van der Waals surface area contributed by atoms with Crippen molar-refractivity contribution < 1.29 is 18.3 Å². The summed E-state index contributed by atoms with van der Waals surface area (Å²) < 4.78 is 26.6. The first kappa shape index (κ1) is 17.1. The fourth-order valence-corrected chi connectivity index (χ4v) is 4.25. The van der Waals surface area contributed by atoms with Gasteiger partial charge in [0.05, 0.1) is 0 Å². The molecule has 0 saturated heterocycles. The summed E-state index contributed by atoms with van der Waals surface area (Å²) in [5, 5.41) is 8.94. The molecular formula is C13H21NO4S2. The second-order valence-corrected chi connectivity index (χ2v) is 8.22. The second kappa shape index (κ2) is 7.19. The molecular weight excluding hydrogens is 298 g/mol. The SMILES string of the molecule is Cc1cc(S(=O)(=O)NCCCCC(C)C)sc1C(=O)O. The van der Waals surface area contributed by atoms with Crippen LogP contribution in [0.1, 0.15) is 48.3 Å². The van der Waals surface area contributed by atoms with Gasteiger partial charge in [0.1, 0.15) is 9.09 Å². The lowest BCUT2D eigenvalue weighted by Gasteiger charge is -2.06. The summed E-state index contributed by atoms with van der Waals surface area (Å²) >= 11 is 0.793. The van der Waals surface area contributed by atoms with E-state index in [-0.39, 0.29) is 9.09 Å². The van der Waals surface area contributed by atoms with E-state index in [0.717, 1.165) is 30.6 Å². The van der Waals surface area contributed by atoms with E-state index in [1.54, 1.807) is 6.92 Å². The van der Waals surface area contributed by atoms with Crippen molar-refractivity contribution in [3.63, 3.8) is 0 Å². The van der Waals surface area contributed by atoms with Gasteiger partial charge in [-0.15, -0.1) is 11.3 Å². The summed E-state index contributed by atoms with van der Waals surface area (Å²) in [4.78, 5) is 11.0. The average Bonchev–Trinajstić information content (AvgIpc) is 2.71. The molecule has 0 aliphatic carbocycles. The minimum Gasteiger partial charge on any atom is -0.477 e. The molecule has 0 radical (unpaired) electrons. The van der Waals surface area contributed by atoms with E-state index in [1.165, 1.54) is 6.07 Å². The van der Waals surface area contributed by atoms with Crippen LogP contribution in [0.4, 0.5) is 0 Å². The number of carbonyl (C=O) groups is 1. The minimum absolute atomic E-state index is 0.0660. The molecule has 1 aromatic rings. The Bertz CT molecular complexity index is 561. The van der Waals surface area contributed by atoms with Gasteiger partial charge in [0.25, 0.3) is 0 Å². The minimum atomic E-state index is -3.59. The molecule has 1 rings (SSSR count). The van der Waals surface area contributed by atoms with Crippen molar-refractivity contribution in [3.05, 3.63) is 16.5 Å². The summed E-state index contributed by atoms with van der Waals surface area (Å²) in [5.41, 5.74) is 0.475. The van der Waals surface area contributed by atoms with E-state index >= 15 is 0 Å². The van der Waals surface area contributed by atoms with Crippen LogP contribution in [0.15, 0.2) is 10.3 Å². The number of nitrogens with one attached hydrogen (secondary N) is 1. The van der Waals surface area contributed by atoms with E-state index in [0.29, 0.717) is 18.0 Å². The van der Waals surface area contributed by atoms with Crippen molar-refractivity contribution in [1.82, 2.24) is 4.72 Å². The number of rotatable bonds is 8. The van der Waals surface area contributed by atoms with Gasteiger partial charge < -0.3 is 5.11 Å². The van der Waals surface area contributed by atoms with Gasteiger partial charge in [-0.05, 0) is 30.9 Å². The van der Waals surface area contributed by atoms with Crippen LogP contribution in [0.2, 0.25) is 0 Å². The highest BCUT2D eigenvalue weighted by molar-refractivity contribution is 7.91. The normalized spacial score (nSPS) is 12.0. The van der Waals surface area contributed by atoms with E-state index in [1.807, 2.05) is 0 Å². The molecule has 0 aliphatic rings. The molecule has 2 N–H and O–H groups in total. The lowest BCUT2D eigenvalue weighted by Crippen LogP contribution is -2.24. The predicted molar refractivity (Wildman–Crippen MR) is 79.9 cm³/mol. The molecule has 1 heterocycles. The van der Waals surface area contributed by atoms with Crippen LogP contribution in [0.3, 0.4) is 0 Å². The molecule has 0 atom stereocenters. The zero-order valence-corrected chi connectivity index (χ0v) is 13.6. The number of aromatic carboxylic acids is 1. The van der Waals surface area contributed by atoms with Crippen LogP contribution in [0.5, 0.6) is 0 Å². The fourth-order valence-electron chi connectivity index (χ4n) is 1.75. The molecule has 114 valence electrons. The Hall–Kier alpha value is -0.920. The highest BCUT2D eigenvalue weighted by Crippen LogP contribution is 2.25. The van der Waals surface area contributed by atoms with Crippen molar-refractivity contribution in [3.8, 4) is 0 Å². The third-order valence-electron chi connectivity index (χ3n) is 2.85. The summed E-state index contributed by atoms with van der Waals surface area (Å²) in [5.74, 6) is -0.476. The van der Waals surface area contributed by atoms with Crippen molar-refractivity contribution >= 4 is 27.3 Å². The Kier molecular flexibility index (Phi) is 6.16. The molecule has 0 saturated carbocycles. The van der Waals surface area contributed by atoms with E-state index in [4.69, 9.17) is 5.11 Å². The standard InChI is InChI=1S/C13H21NO4S2/c1-9(2)6-4-5-7-14-20(17,18)11-8-10(3)12(19-11)13(15)16/h8-9,14H,4-7H2,1-3H3,(H,15,16). The molecule has 5 nitrogen and oxygen atoms in total. The molecule has 0 aromatic carbocycles. The quantitative estimate of drug-likeness (QED) is 0.722. The zero-order chi connectivity index (χ0) is 15.3. The second-order valence-electron chi connectivity index (χ2n) is 5.17. The number of carboxylic acids is 1. The number of hydrogen-bond donors (Lipinski definition) is 2. The van der Waals surface area contributed by atoms with Crippen LogP contribution >= 0.6 is 11.3 Å². The molecule has 0 fully saturated rings. The van der Waals surface area contributed by atoms with Crippen molar-refractivity contribution in [2.24, 2.45) is 5.92 Å². The maximum absolute atomic E-state index is 12.0. The van der Waals surface area contributed by atoms with E-state index in [9.17, 15) is 13.2 Å². The summed E-state index contributed by atoms with van der Waals surface area (Å²) in [6.45, 7) is 6.24. The molecule has 0 unspecified atom stereocenters. The number of thiophene rings is 1.